The van der Waals surface area contributed by atoms with Crippen LogP contribution in [0.2, 0.25) is 5.15 Å². The predicted molar refractivity (Wildman–Crippen MR) is 111 cm³/mol. The maximum atomic E-state index is 13.1. The maximum absolute atomic E-state index is 13.1. The van der Waals surface area contributed by atoms with Gasteiger partial charge in [0.25, 0.3) is 0 Å². The fourth-order valence-corrected chi connectivity index (χ4v) is 5.50. The molecule has 0 aliphatic carbocycles. The van der Waals surface area contributed by atoms with Crippen LogP contribution in [-0.2, 0) is 10.0 Å². The minimum atomic E-state index is -3.74. The molecular formula is C19H20ClFN6O3S. The molecule has 4 heterocycles. The molecule has 0 bridgehead atoms. The lowest BCUT2D eigenvalue weighted by Gasteiger charge is -2.35. The van der Waals surface area contributed by atoms with Crippen LogP contribution in [0, 0.1) is 11.7 Å². The first kappa shape index (κ1) is 21.6. The average Bonchev–Trinajstić information content (AvgIpc) is 3.15. The van der Waals surface area contributed by atoms with Crippen LogP contribution in [0.3, 0.4) is 0 Å². The number of piperidine rings is 1. The highest BCUT2D eigenvalue weighted by Gasteiger charge is 2.36. The first-order valence-corrected chi connectivity index (χ1v) is 11.4. The molecule has 0 unspecified atom stereocenters. The molecule has 1 N–H and O–H groups in total. The Morgan fingerprint density at radius 2 is 2.13 bits per heavy atom. The van der Waals surface area contributed by atoms with E-state index in [-0.39, 0.29) is 22.6 Å². The van der Waals surface area contributed by atoms with Crippen LogP contribution in [0.4, 0.5) is 4.39 Å². The van der Waals surface area contributed by atoms with E-state index in [1.54, 1.807) is 0 Å². The third-order valence-corrected chi connectivity index (χ3v) is 7.47. The summed E-state index contributed by atoms with van der Waals surface area (Å²) in [4.78, 5) is 11.6. The molecule has 1 fully saturated rings. The van der Waals surface area contributed by atoms with E-state index >= 15 is 0 Å². The van der Waals surface area contributed by atoms with E-state index in [9.17, 15) is 12.8 Å². The van der Waals surface area contributed by atoms with E-state index in [4.69, 9.17) is 16.3 Å². The second kappa shape index (κ2) is 8.48. The van der Waals surface area contributed by atoms with Crippen molar-refractivity contribution in [1.82, 2.24) is 29.5 Å². The van der Waals surface area contributed by atoms with Gasteiger partial charge in [-0.2, -0.15) is 9.40 Å². The monoisotopic (exact) mass is 466 g/mol. The molecule has 1 aliphatic rings. The number of methoxy groups -OCH3 is 1. The summed E-state index contributed by atoms with van der Waals surface area (Å²) in [5, 5.41) is 7.73. The van der Waals surface area contributed by atoms with E-state index in [2.05, 4.69) is 25.1 Å². The van der Waals surface area contributed by atoms with Crippen LogP contribution in [0.5, 0.6) is 5.88 Å². The van der Waals surface area contributed by atoms with Gasteiger partial charge in [0.1, 0.15) is 16.4 Å². The van der Waals surface area contributed by atoms with Gasteiger partial charge in [-0.3, -0.25) is 0 Å². The van der Waals surface area contributed by atoms with Crippen molar-refractivity contribution in [3.8, 4) is 17.4 Å². The first-order valence-electron chi connectivity index (χ1n) is 9.53. The van der Waals surface area contributed by atoms with Crippen LogP contribution < -0.4 is 4.74 Å². The normalized spacial score (nSPS) is 20.0. The number of halogens is 2. The molecule has 3 aromatic heterocycles. The van der Waals surface area contributed by atoms with Gasteiger partial charge in [0.05, 0.1) is 25.2 Å². The molecule has 0 amide bonds. The summed E-state index contributed by atoms with van der Waals surface area (Å²) in [6.07, 6.45) is 2.87. The fraction of sp³-hybridized carbons (Fsp3) is 0.368. The van der Waals surface area contributed by atoms with Crippen LogP contribution in [-0.4, -0.2) is 58.1 Å². The van der Waals surface area contributed by atoms with Crippen LogP contribution in [0.1, 0.15) is 25.0 Å². The van der Waals surface area contributed by atoms with Crippen molar-refractivity contribution in [1.29, 1.82) is 0 Å². The van der Waals surface area contributed by atoms with Crippen molar-refractivity contribution >= 4 is 21.6 Å². The lowest BCUT2D eigenvalue weighted by atomic mass is 9.86. The van der Waals surface area contributed by atoms with Crippen molar-refractivity contribution in [3.63, 3.8) is 0 Å². The Morgan fingerprint density at radius 3 is 2.81 bits per heavy atom. The van der Waals surface area contributed by atoms with Gasteiger partial charge < -0.3 is 9.72 Å². The smallest absolute Gasteiger partial charge is 0.244 e. The number of aromatic amines is 1. The standard InChI is InChI=1S/C19H20ClFN6O3S/c1-11-10-27(31(28,29)13-7-16(30-2)26-23-9-13)6-5-14(11)17-18(20)25-19(24-17)15-4-3-12(21)8-22-15/h3-4,7-9,11,14H,5-6,10H2,1-2H3,(H,24,25)/t11-,14+/m0/s1. The van der Waals surface area contributed by atoms with Gasteiger partial charge in [-0.1, -0.05) is 18.5 Å². The maximum Gasteiger partial charge on any atom is 0.244 e. The number of aromatic nitrogens is 5. The number of nitrogens with zero attached hydrogens (tertiary/aromatic N) is 5. The average molecular weight is 467 g/mol. The van der Waals surface area contributed by atoms with Gasteiger partial charge in [-0.15, -0.1) is 5.10 Å². The summed E-state index contributed by atoms with van der Waals surface area (Å²) in [7, 11) is -2.34. The number of rotatable bonds is 5. The molecular weight excluding hydrogens is 447 g/mol. The molecule has 0 spiro atoms. The van der Waals surface area contributed by atoms with E-state index in [0.717, 1.165) is 11.9 Å². The van der Waals surface area contributed by atoms with Gasteiger partial charge in [-0.25, -0.2) is 22.8 Å². The largest absolute Gasteiger partial charge is 0.480 e. The summed E-state index contributed by atoms with van der Waals surface area (Å²) >= 11 is 6.38. The molecule has 1 saturated heterocycles. The highest BCUT2D eigenvalue weighted by Crippen LogP contribution is 2.38. The number of H-pyrrole nitrogens is 1. The second-order valence-electron chi connectivity index (χ2n) is 7.32. The Kier molecular flexibility index (Phi) is 5.91. The van der Waals surface area contributed by atoms with Crippen LogP contribution in [0.25, 0.3) is 11.5 Å². The summed E-state index contributed by atoms with van der Waals surface area (Å²) in [6, 6.07) is 4.17. The van der Waals surface area contributed by atoms with Gasteiger partial charge in [0.2, 0.25) is 15.9 Å². The number of pyridine rings is 1. The fourth-order valence-electron chi connectivity index (χ4n) is 3.72. The molecule has 2 atom stereocenters. The zero-order valence-corrected chi connectivity index (χ0v) is 18.4. The Balaban J connectivity index is 1.54. The lowest BCUT2D eigenvalue weighted by Crippen LogP contribution is -2.42. The highest BCUT2D eigenvalue weighted by atomic mass is 35.5. The van der Waals surface area contributed by atoms with Gasteiger partial charge in [0.15, 0.2) is 11.0 Å². The molecule has 31 heavy (non-hydrogen) atoms. The highest BCUT2D eigenvalue weighted by molar-refractivity contribution is 7.89. The van der Waals surface area contributed by atoms with Crippen LogP contribution in [0.15, 0.2) is 35.5 Å². The van der Waals surface area contributed by atoms with Crippen molar-refractivity contribution in [3.05, 3.63) is 47.3 Å². The predicted octanol–water partition coefficient (Wildman–Crippen LogP) is 2.88. The number of ether oxygens (including phenoxy) is 1. The van der Waals surface area contributed by atoms with Gasteiger partial charge in [-0.05, 0) is 24.5 Å². The molecule has 4 rings (SSSR count). The summed E-state index contributed by atoms with van der Waals surface area (Å²) < 4.78 is 45.6. The number of hydrogen-bond acceptors (Lipinski definition) is 7. The van der Waals surface area contributed by atoms with E-state index in [0.29, 0.717) is 36.2 Å². The topological polar surface area (TPSA) is 114 Å². The Morgan fingerprint density at radius 1 is 1.32 bits per heavy atom. The number of imidazole rings is 1. The van der Waals surface area contributed by atoms with Crippen molar-refractivity contribution in [2.24, 2.45) is 5.92 Å². The lowest BCUT2D eigenvalue weighted by molar-refractivity contribution is 0.246. The molecule has 0 aromatic carbocycles. The molecule has 1 aliphatic heterocycles. The number of sulfonamides is 1. The molecule has 12 heteroatoms. The summed E-state index contributed by atoms with van der Waals surface area (Å²) in [5.41, 5.74) is 1.20. The first-order chi connectivity index (χ1) is 14.8. The molecule has 0 saturated carbocycles. The Labute approximate surface area is 183 Å². The quantitative estimate of drug-likeness (QED) is 0.614. The summed E-state index contributed by atoms with van der Waals surface area (Å²) in [5.74, 6) is 0.0798. The van der Waals surface area contributed by atoms with Crippen LogP contribution >= 0.6 is 11.6 Å². The molecule has 9 nitrogen and oxygen atoms in total. The molecule has 3 aromatic rings. The second-order valence-corrected chi connectivity index (χ2v) is 9.62. The Bertz CT molecular complexity index is 1190. The number of nitrogens with one attached hydrogen (secondary N) is 1. The Hall–Kier alpha value is -2.63. The zero-order chi connectivity index (χ0) is 22.2. The minimum absolute atomic E-state index is 0.0225. The van der Waals surface area contributed by atoms with Gasteiger partial charge in [0, 0.05) is 25.1 Å². The van der Waals surface area contributed by atoms with E-state index in [1.807, 2.05) is 6.92 Å². The van der Waals surface area contributed by atoms with E-state index in [1.165, 1.54) is 35.8 Å². The van der Waals surface area contributed by atoms with E-state index < -0.39 is 15.8 Å². The van der Waals surface area contributed by atoms with Crippen molar-refractivity contribution in [2.45, 2.75) is 24.2 Å². The van der Waals surface area contributed by atoms with Gasteiger partial charge >= 0.3 is 0 Å². The minimum Gasteiger partial charge on any atom is -0.480 e. The third-order valence-electron chi connectivity index (χ3n) is 5.35. The van der Waals surface area contributed by atoms with Crippen molar-refractivity contribution < 1.29 is 17.5 Å². The molecule has 164 valence electrons. The zero-order valence-electron chi connectivity index (χ0n) is 16.8. The number of hydrogen-bond donors (Lipinski definition) is 1. The SMILES string of the molecule is COc1cc(S(=O)(=O)N2CC[C@@H](c3[nH]c(-c4ccc(F)cn4)nc3Cl)[C@@H](C)C2)cnn1. The third kappa shape index (κ3) is 4.25. The van der Waals surface area contributed by atoms with Crippen molar-refractivity contribution in [2.75, 3.05) is 20.2 Å². The molecule has 0 radical (unpaired) electrons. The summed E-state index contributed by atoms with van der Waals surface area (Å²) in [6.45, 7) is 2.57.